The van der Waals surface area contributed by atoms with Gasteiger partial charge in [0.25, 0.3) is 0 Å². The molecule has 1 unspecified atom stereocenters. The second-order valence-corrected chi connectivity index (χ2v) is 7.86. The Balaban J connectivity index is 2.42. The molecule has 0 spiro atoms. The lowest BCUT2D eigenvalue weighted by molar-refractivity contribution is 0.223. The molecule has 1 heterocycles. The highest BCUT2D eigenvalue weighted by Gasteiger charge is 2.17. The molecule has 0 amide bonds. The molecule has 0 aliphatic rings. The summed E-state index contributed by atoms with van der Waals surface area (Å²) in [5.74, 6) is 0. The fraction of sp³-hybridized carbons (Fsp3) is 0.167. The summed E-state index contributed by atoms with van der Waals surface area (Å²) in [6, 6.07) is 7.96. The van der Waals surface area contributed by atoms with E-state index in [1.54, 1.807) is 11.3 Å². The molecule has 0 radical (unpaired) electrons. The highest BCUT2D eigenvalue weighted by molar-refractivity contribution is 14.1. The maximum atomic E-state index is 10.4. The quantitative estimate of drug-likeness (QED) is 0.572. The maximum Gasteiger partial charge on any atom is 0.114 e. The summed E-state index contributed by atoms with van der Waals surface area (Å²) >= 11 is 10.8. The first kappa shape index (κ1) is 14.0. The Morgan fingerprint density at radius 3 is 2.53 bits per heavy atom. The number of rotatable bonds is 2. The molecule has 17 heavy (non-hydrogen) atoms. The van der Waals surface area contributed by atoms with Crippen LogP contribution >= 0.6 is 65.8 Å². The fourth-order valence-corrected chi connectivity index (χ4v) is 4.04. The van der Waals surface area contributed by atoms with E-state index in [4.69, 9.17) is 0 Å². The molecule has 2 aromatic rings. The third kappa shape index (κ3) is 3.12. The van der Waals surface area contributed by atoms with Gasteiger partial charge in [-0.15, -0.1) is 11.3 Å². The Morgan fingerprint density at radius 1 is 1.24 bits per heavy atom. The van der Waals surface area contributed by atoms with Crippen LogP contribution in [0.5, 0.6) is 0 Å². The molecule has 0 aliphatic heterocycles. The molecule has 1 atom stereocenters. The van der Waals surface area contributed by atoms with Crippen LogP contribution in [0, 0.1) is 10.5 Å². The lowest BCUT2D eigenvalue weighted by atomic mass is 10.1. The van der Waals surface area contributed by atoms with Gasteiger partial charge in [0.15, 0.2) is 0 Å². The van der Waals surface area contributed by atoms with Gasteiger partial charge in [-0.25, -0.2) is 0 Å². The molecule has 0 saturated heterocycles. The molecule has 1 aromatic heterocycles. The second kappa shape index (κ2) is 5.69. The molecule has 0 fully saturated rings. The lowest BCUT2D eigenvalue weighted by Crippen LogP contribution is -1.98. The SMILES string of the molecule is Cc1sc(C(O)c2cc(I)ccc2Br)cc1Br. The van der Waals surface area contributed by atoms with E-state index in [2.05, 4.69) is 54.5 Å². The van der Waals surface area contributed by atoms with Gasteiger partial charge in [0.2, 0.25) is 0 Å². The number of thiophene rings is 1. The van der Waals surface area contributed by atoms with E-state index in [-0.39, 0.29) is 0 Å². The Bertz CT molecular complexity index is 534. The van der Waals surface area contributed by atoms with Crippen LogP contribution < -0.4 is 0 Å². The summed E-state index contributed by atoms with van der Waals surface area (Å²) in [4.78, 5) is 2.14. The van der Waals surface area contributed by atoms with E-state index in [0.717, 1.165) is 23.0 Å². The van der Waals surface area contributed by atoms with Gasteiger partial charge in [0.1, 0.15) is 6.10 Å². The van der Waals surface area contributed by atoms with Crippen molar-refractivity contribution in [1.29, 1.82) is 0 Å². The van der Waals surface area contributed by atoms with E-state index in [1.807, 2.05) is 31.2 Å². The lowest BCUT2D eigenvalue weighted by Gasteiger charge is -2.11. The molecular weight excluding hydrogens is 479 g/mol. The number of aliphatic hydroxyl groups excluding tert-OH is 1. The first-order chi connectivity index (χ1) is 7.99. The molecule has 1 aromatic carbocycles. The summed E-state index contributed by atoms with van der Waals surface area (Å²) in [6.45, 7) is 2.04. The van der Waals surface area contributed by atoms with Crippen LogP contribution in [0.1, 0.15) is 21.4 Å². The predicted octanol–water partition coefficient (Wildman–Crippen LogP) is 5.27. The Labute approximate surface area is 135 Å². The zero-order chi connectivity index (χ0) is 12.6. The molecule has 2 rings (SSSR count). The summed E-state index contributed by atoms with van der Waals surface area (Å²) in [5.41, 5.74) is 0.908. The van der Waals surface area contributed by atoms with Crippen LogP contribution in [-0.4, -0.2) is 5.11 Å². The number of aryl methyl sites for hydroxylation is 1. The molecule has 5 heteroatoms. The molecule has 1 N–H and O–H groups in total. The molecule has 90 valence electrons. The van der Waals surface area contributed by atoms with E-state index in [0.29, 0.717) is 0 Å². The van der Waals surface area contributed by atoms with Gasteiger partial charge in [-0.05, 0) is 69.7 Å². The van der Waals surface area contributed by atoms with Crippen LogP contribution in [0.15, 0.2) is 33.2 Å². The van der Waals surface area contributed by atoms with E-state index in [9.17, 15) is 5.11 Å². The van der Waals surface area contributed by atoms with Crippen LogP contribution in [-0.2, 0) is 0 Å². The van der Waals surface area contributed by atoms with Gasteiger partial charge >= 0.3 is 0 Å². The minimum atomic E-state index is -0.575. The number of hydrogen-bond acceptors (Lipinski definition) is 2. The smallest absolute Gasteiger partial charge is 0.114 e. The molecular formula is C12H9Br2IOS. The standard InChI is InChI=1S/C12H9Br2IOS/c1-6-10(14)5-11(17-6)12(16)8-4-7(15)2-3-9(8)13/h2-5,12,16H,1H3. The van der Waals surface area contributed by atoms with Crippen molar-refractivity contribution in [2.75, 3.05) is 0 Å². The van der Waals surface area contributed by atoms with E-state index < -0.39 is 6.10 Å². The van der Waals surface area contributed by atoms with Crippen molar-refractivity contribution in [2.45, 2.75) is 13.0 Å². The summed E-state index contributed by atoms with van der Waals surface area (Å²) < 4.78 is 3.11. The number of hydrogen-bond donors (Lipinski definition) is 1. The van der Waals surface area contributed by atoms with Gasteiger partial charge in [0, 0.05) is 27.8 Å². The highest BCUT2D eigenvalue weighted by atomic mass is 127. The van der Waals surface area contributed by atoms with Gasteiger partial charge in [0.05, 0.1) is 0 Å². The van der Waals surface area contributed by atoms with Crippen LogP contribution in [0.3, 0.4) is 0 Å². The predicted molar refractivity (Wildman–Crippen MR) is 87.7 cm³/mol. The van der Waals surface area contributed by atoms with Crippen molar-refractivity contribution in [2.24, 2.45) is 0 Å². The van der Waals surface area contributed by atoms with Gasteiger partial charge in [-0.3, -0.25) is 0 Å². The first-order valence-corrected chi connectivity index (χ1v) is 8.36. The van der Waals surface area contributed by atoms with Crippen molar-refractivity contribution >= 4 is 65.8 Å². The van der Waals surface area contributed by atoms with Gasteiger partial charge < -0.3 is 5.11 Å². The average molecular weight is 488 g/mol. The minimum Gasteiger partial charge on any atom is -0.383 e. The summed E-state index contributed by atoms with van der Waals surface area (Å²) in [7, 11) is 0. The first-order valence-electron chi connectivity index (χ1n) is 4.88. The number of aliphatic hydroxyl groups is 1. The normalized spacial score (nSPS) is 12.8. The second-order valence-electron chi connectivity index (χ2n) is 3.62. The molecule has 0 bridgehead atoms. The summed E-state index contributed by atoms with van der Waals surface area (Å²) in [5, 5.41) is 10.4. The average Bonchev–Trinajstić information content (AvgIpc) is 2.62. The molecule has 0 aliphatic carbocycles. The monoisotopic (exact) mass is 486 g/mol. The molecule has 0 saturated carbocycles. The van der Waals surface area contributed by atoms with E-state index in [1.165, 1.54) is 4.88 Å². The number of benzene rings is 1. The van der Waals surface area contributed by atoms with Crippen molar-refractivity contribution in [3.8, 4) is 0 Å². The Morgan fingerprint density at radius 2 is 1.94 bits per heavy atom. The third-order valence-corrected chi connectivity index (χ3v) is 5.98. The van der Waals surface area contributed by atoms with Crippen LogP contribution in [0.25, 0.3) is 0 Å². The van der Waals surface area contributed by atoms with Crippen molar-refractivity contribution in [1.82, 2.24) is 0 Å². The molecule has 1 nitrogen and oxygen atoms in total. The Kier molecular flexibility index (Phi) is 4.68. The zero-order valence-corrected chi connectivity index (χ0v) is 15.0. The topological polar surface area (TPSA) is 20.2 Å². The summed E-state index contributed by atoms with van der Waals surface area (Å²) in [6.07, 6.45) is -0.575. The number of halogens is 3. The Hall–Kier alpha value is 0.570. The fourth-order valence-electron chi connectivity index (χ4n) is 1.49. The van der Waals surface area contributed by atoms with Crippen LogP contribution in [0.4, 0.5) is 0 Å². The van der Waals surface area contributed by atoms with Crippen LogP contribution in [0.2, 0.25) is 0 Å². The third-order valence-electron chi connectivity index (χ3n) is 2.40. The van der Waals surface area contributed by atoms with Gasteiger partial charge in [-0.2, -0.15) is 0 Å². The maximum absolute atomic E-state index is 10.4. The van der Waals surface area contributed by atoms with E-state index >= 15 is 0 Å². The zero-order valence-electron chi connectivity index (χ0n) is 8.88. The van der Waals surface area contributed by atoms with Gasteiger partial charge in [-0.1, -0.05) is 15.9 Å². The van der Waals surface area contributed by atoms with Crippen molar-refractivity contribution < 1.29 is 5.11 Å². The van der Waals surface area contributed by atoms with Crippen molar-refractivity contribution in [3.05, 3.63) is 52.1 Å². The highest BCUT2D eigenvalue weighted by Crippen LogP contribution is 2.36. The largest absolute Gasteiger partial charge is 0.383 e. The minimum absolute atomic E-state index is 0.575. The van der Waals surface area contributed by atoms with Crippen molar-refractivity contribution in [3.63, 3.8) is 0 Å².